The van der Waals surface area contributed by atoms with Crippen molar-refractivity contribution in [1.82, 2.24) is 14.9 Å². The lowest BCUT2D eigenvalue weighted by molar-refractivity contribution is 0.0937. The molecule has 1 aromatic rings. The fraction of sp³-hybridized carbons (Fsp3) is 0.562. The van der Waals surface area contributed by atoms with Gasteiger partial charge in [-0.05, 0) is 45.3 Å². The standard InChI is InChI=1S/C16H27N3O4S/c1-6-19(7-2)12(3)11-18-16(20)13-8-9-14(23-5)15(10-13)24(21,22)17-4/h8-10,12,17H,6-7,11H2,1-5H3,(H,18,20). The van der Waals surface area contributed by atoms with E-state index in [2.05, 4.69) is 28.8 Å². The van der Waals surface area contributed by atoms with E-state index in [0.717, 1.165) is 13.1 Å². The van der Waals surface area contributed by atoms with E-state index in [1.807, 2.05) is 6.92 Å². The number of hydrogen-bond acceptors (Lipinski definition) is 5. The molecule has 0 aliphatic carbocycles. The molecule has 0 radical (unpaired) electrons. The molecular formula is C16H27N3O4S. The zero-order valence-electron chi connectivity index (χ0n) is 14.9. The van der Waals surface area contributed by atoms with Crippen molar-refractivity contribution in [2.24, 2.45) is 0 Å². The van der Waals surface area contributed by atoms with Crippen LogP contribution in [0.15, 0.2) is 23.1 Å². The van der Waals surface area contributed by atoms with E-state index in [-0.39, 0.29) is 28.2 Å². The van der Waals surface area contributed by atoms with Crippen molar-refractivity contribution in [2.45, 2.75) is 31.7 Å². The van der Waals surface area contributed by atoms with E-state index in [1.165, 1.54) is 26.3 Å². The summed E-state index contributed by atoms with van der Waals surface area (Å²) < 4.78 is 31.4. The Kier molecular flexibility index (Phi) is 7.65. The number of ether oxygens (including phenoxy) is 1. The normalized spacial score (nSPS) is 12.9. The van der Waals surface area contributed by atoms with Gasteiger partial charge in [0.25, 0.3) is 5.91 Å². The Labute approximate surface area is 144 Å². The van der Waals surface area contributed by atoms with E-state index in [1.54, 1.807) is 6.07 Å². The summed E-state index contributed by atoms with van der Waals surface area (Å²) in [6, 6.07) is 4.54. The van der Waals surface area contributed by atoms with Crippen LogP contribution in [-0.4, -0.2) is 59.1 Å². The maximum Gasteiger partial charge on any atom is 0.251 e. The Morgan fingerprint density at radius 1 is 1.29 bits per heavy atom. The minimum absolute atomic E-state index is 0.0584. The van der Waals surface area contributed by atoms with Crippen LogP contribution >= 0.6 is 0 Å². The summed E-state index contributed by atoms with van der Waals surface area (Å²) in [7, 11) is -1.02. The maximum atomic E-state index is 12.3. The molecule has 0 aliphatic rings. The Morgan fingerprint density at radius 2 is 1.92 bits per heavy atom. The predicted molar refractivity (Wildman–Crippen MR) is 94.0 cm³/mol. The van der Waals surface area contributed by atoms with Crippen molar-refractivity contribution in [3.63, 3.8) is 0 Å². The highest BCUT2D eigenvalue weighted by molar-refractivity contribution is 7.89. The largest absolute Gasteiger partial charge is 0.495 e. The van der Waals surface area contributed by atoms with Gasteiger partial charge in [-0.2, -0.15) is 0 Å². The van der Waals surface area contributed by atoms with Crippen LogP contribution in [0.3, 0.4) is 0 Å². The average Bonchev–Trinajstić information content (AvgIpc) is 2.60. The molecule has 0 aliphatic heterocycles. The summed E-state index contributed by atoms with van der Waals surface area (Å²) in [5, 5.41) is 2.85. The number of benzene rings is 1. The molecule has 0 saturated heterocycles. The summed E-state index contributed by atoms with van der Waals surface area (Å²) >= 11 is 0. The monoisotopic (exact) mass is 357 g/mol. The average molecular weight is 357 g/mol. The van der Waals surface area contributed by atoms with E-state index >= 15 is 0 Å². The van der Waals surface area contributed by atoms with Crippen LogP contribution in [0.5, 0.6) is 5.75 Å². The SMILES string of the molecule is CCN(CC)C(C)CNC(=O)c1ccc(OC)c(S(=O)(=O)NC)c1. The number of carbonyl (C=O) groups excluding carboxylic acids is 1. The van der Waals surface area contributed by atoms with Crippen LogP contribution < -0.4 is 14.8 Å². The highest BCUT2D eigenvalue weighted by atomic mass is 32.2. The Hall–Kier alpha value is -1.64. The highest BCUT2D eigenvalue weighted by Gasteiger charge is 2.20. The zero-order valence-corrected chi connectivity index (χ0v) is 15.7. The van der Waals surface area contributed by atoms with Crippen molar-refractivity contribution in [3.8, 4) is 5.75 Å². The number of rotatable bonds is 9. The molecule has 1 atom stereocenters. The van der Waals surface area contributed by atoms with E-state index in [0.29, 0.717) is 6.54 Å². The molecule has 0 heterocycles. The van der Waals surface area contributed by atoms with Gasteiger partial charge in [0.05, 0.1) is 7.11 Å². The predicted octanol–water partition coefficient (Wildman–Crippen LogP) is 1.06. The van der Waals surface area contributed by atoms with Gasteiger partial charge in [-0.3, -0.25) is 9.69 Å². The fourth-order valence-corrected chi connectivity index (χ4v) is 3.37. The van der Waals surface area contributed by atoms with Gasteiger partial charge in [0.1, 0.15) is 10.6 Å². The molecule has 7 nitrogen and oxygen atoms in total. The number of nitrogens with one attached hydrogen (secondary N) is 2. The maximum absolute atomic E-state index is 12.3. The number of hydrogen-bond donors (Lipinski definition) is 2. The molecule has 0 aromatic heterocycles. The molecule has 0 spiro atoms. The third kappa shape index (κ3) is 4.93. The van der Waals surface area contributed by atoms with Crippen LogP contribution in [-0.2, 0) is 10.0 Å². The summed E-state index contributed by atoms with van der Waals surface area (Å²) in [5.41, 5.74) is 0.274. The van der Waals surface area contributed by atoms with Crippen molar-refractivity contribution >= 4 is 15.9 Å². The Balaban J connectivity index is 2.95. The van der Waals surface area contributed by atoms with E-state index in [4.69, 9.17) is 4.74 Å². The van der Waals surface area contributed by atoms with E-state index in [9.17, 15) is 13.2 Å². The second kappa shape index (κ2) is 9.00. The van der Waals surface area contributed by atoms with Gasteiger partial charge in [-0.25, -0.2) is 13.1 Å². The van der Waals surface area contributed by atoms with E-state index < -0.39 is 10.0 Å². The second-order valence-corrected chi connectivity index (χ2v) is 7.21. The fourth-order valence-electron chi connectivity index (χ4n) is 2.46. The first-order chi connectivity index (χ1) is 11.3. The molecule has 0 saturated carbocycles. The Morgan fingerprint density at radius 3 is 2.42 bits per heavy atom. The number of likely N-dealkylation sites (N-methyl/N-ethyl adjacent to an activating group) is 1. The quantitative estimate of drug-likeness (QED) is 0.690. The lowest BCUT2D eigenvalue weighted by atomic mass is 10.2. The van der Waals surface area contributed by atoms with Crippen LogP contribution in [0.4, 0.5) is 0 Å². The highest BCUT2D eigenvalue weighted by Crippen LogP contribution is 2.24. The third-order valence-corrected chi connectivity index (χ3v) is 5.41. The summed E-state index contributed by atoms with van der Waals surface area (Å²) in [4.78, 5) is 14.5. The molecule has 1 unspecified atom stereocenters. The van der Waals surface area contributed by atoms with Gasteiger partial charge in [0.2, 0.25) is 10.0 Å². The molecule has 1 amide bonds. The van der Waals surface area contributed by atoms with Crippen molar-refractivity contribution < 1.29 is 17.9 Å². The number of sulfonamides is 1. The number of nitrogens with zero attached hydrogens (tertiary/aromatic N) is 1. The topological polar surface area (TPSA) is 87.7 Å². The third-order valence-electron chi connectivity index (χ3n) is 3.98. The lowest BCUT2D eigenvalue weighted by Crippen LogP contribution is -2.42. The first-order valence-corrected chi connectivity index (χ1v) is 9.42. The van der Waals surface area contributed by atoms with Crippen molar-refractivity contribution in [3.05, 3.63) is 23.8 Å². The molecule has 0 fully saturated rings. The van der Waals surface area contributed by atoms with Gasteiger partial charge in [-0.1, -0.05) is 13.8 Å². The number of carbonyl (C=O) groups is 1. The Bertz CT molecular complexity index is 657. The zero-order chi connectivity index (χ0) is 18.3. The van der Waals surface area contributed by atoms with Crippen LogP contribution in [0.2, 0.25) is 0 Å². The first-order valence-electron chi connectivity index (χ1n) is 7.94. The molecule has 2 N–H and O–H groups in total. The molecule has 24 heavy (non-hydrogen) atoms. The van der Waals surface area contributed by atoms with Crippen LogP contribution in [0, 0.1) is 0 Å². The minimum atomic E-state index is -3.71. The molecule has 1 aromatic carbocycles. The van der Waals surface area contributed by atoms with Gasteiger partial charge < -0.3 is 10.1 Å². The van der Waals surface area contributed by atoms with Crippen LogP contribution in [0.25, 0.3) is 0 Å². The second-order valence-electron chi connectivity index (χ2n) is 5.35. The van der Waals surface area contributed by atoms with Gasteiger partial charge >= 0.3 is 0 Å². The van der Waals surface area contributed by atoms with Crippen molar-refractivity contribution in [2.75, 3.05) is 33.8 Å². The first kappa shape index (κ1) is 20.4. The molecule has 0 bridgehead atoms. The van der Waals surface area contributed by atoms with Crippen LogP contribution in [0.1, 0.15) is 31.1 Å². The van der Waals surface area contributed by atoms with Gasteiger partial charge in [0, 0.05) is 18.2 Å². The van der Waals surface area contributed by atoms with Gasteiger partial charge in [-0.15, -0.1) is 0 Å². The molecule has 136 valence electrons. The summed E-state index contributed by atoms with van der Waals surface area (Å²) in [5.74, 6) is -0.123. The van der Waals surface area contributed by atoms with Crippen molar-refractivity contribution in [1.29, 1.82) is 0 Å². The minimum Gasteiger partial charge on any atom is -0.495 e. The summed E-state index contributed by atoms with van der Waals surface area (Å²) in [6.45, 7) is 8.47. The van der Waals surface area contributed by atoms with Gasteiger partial charge in [0.15, 0.2) is 0 Å². The number of amides is 1. The number of methoxy groups -OCH3 is 1. The smallest absolute Gasteiger partial charge is 0.251 e. The molecule has 1 rings (SSSR count). The summed E-state index contributed by atoms with van der Waals surface area (Å²) in [6.07, 6.45) is 0. The lowest BCUT2D eigenvalue weighted by Gasteiger charge is -2.26. The molecule has 8 heteroatoms. The molecular weight excluding hydrogens is 330 g/mol.